The third kappa shape index (κ3) is 5.18. The molecule has 1 aromatic heterocycles. The van der Waals surface area contributed by atoms with Crippen LogP contribution < -0.4 is 10.6 Å². The van der Waals surface area contributed by atoms with E-state index in [-0.39, 0.29) is 41.6 Å². The average molecular weight is 552 g/mol. The lowest BCUT2D eigenvalue weighted by atomic mass is 9.82. The average Bonchev–Trinajstić information content (AvgIpc) is 3.70. The van der Waals surface area contributed by atoms with Gasteiger partial charge in [0.25, 0.3) is 0 Å². The zero-order chi connectivity index (χ0) is 27.8. The Hall–Kier alpha value is -2.45. The number of nitrogens with one attached hydrogen (secondary N) is 3. The summed E-state index contributed by atoms with van der Waals surface area (Å²) in [5.41, 5.74) is 2.00. The highest BCUT2D eigenvalue weighted by molar-refractivity contribution is 5.90. The van der Waals surface area contributed by atoms with E-state index in [0.717, 1.165) is 56.1 Å². The van der Waals surface area contributed by atoms with Gasteiger partial charge in [0.15, 0.2) is 0 Å². The maximum absolute atomic E-state index is 14.6. The van der Waals surface area contributed by atoms with Gasteiger partial charge in [-0.3, -0.25) is 14.5 Å². The van der Waals surface area contributed by atoms with E-state index in [0.29, 0.717) is 12.1 Å². The molecule has 218 valence electrons. The molecule has 0 radical (unpaired) electrons. The molecule has 8 heteroatoms. The zero-order valence-corrected chi connectivity index (χ0v) is 24.1. The second-order valence-electron chi connectivity index (χ2n) is 12.8. The first kappa shape index (κ1) is 27.7. The smallest absolute Gasteiger partial charge is 0.245 e. The molecule has 4 aliphatic rings. The minimum absolute atomic E-state index is 0.0585. The maximum Gasteiger partial charge on any atom is 0.245 e. The molecule has 2 aliphatic carbocycles. The predicted octanol–water partition coefficient (Wildman–Crippen LogP) is 4.68. The number of fused-ring (bicyclic) bond motifs is 2. The number of H-pyrrole nitrogens is 1. The number of aromatic amines is 1. The van der Waals surface area contributed by atoms with Gasteiger partial charge in [0.1, 0.15) is 11.9 Å². The van der Waals surface area contributed by atoms with Crippen molar-refractivity contribution in [3.8, 4) is 0 Å². The number of likely N-dealkylation sites (N-methyl/N-ethyl adjacent to an activating group) is 1. The number of hydrogen-bond donors (Lipinski definition) is 3. The summed E-state index contributed by atoms with van der Waals surface area (Å²) in [4.78, 5) is 35.8. The SMILES string of the molecule is CNC(C)C(=O)NC(C(=O)N1CCC2C1C(c1c[nH]c3cc(F)ccc13)CN2C1CCCCC1)C1CCCCC1. The zero-order valence-electron chi connectivity index (χ0n) is 24.1. The lowest BCUT2D eigenvalue weighted by Gasteiger charge is -2.37. The fraction of sp³-hybridized carbons (Fsp3) is 0.688. The van der Waals surface area contributed by atoms with Crippen molar-refractivity contribution < 1.29 is 14.0 Å². The maximum atomic E-state index is 14.6. The fourth-order valence-corrected chi connectivity index (χ4v) is 8.35. The van der Waals surface area contributed by atoms with Crippen LogP contribution >= 0.6 is 0 Å². The van der Waals surface area contributed by atoms with Gasteiger partial charge in [0.2, 0.25) is 11.8 Å². The molecule has 2 aromatic rings. The van der Waals surface area contributed by atoms with E-state index in [1.165, 1.54) is 44.1 Å². The van der Waals surface area contributed by atoms with Crippen molar-refractivity contribution in [3.63, 3.8) is 0 Å². The molecule has 40 heavy (non-hydrogen) atoms. The lowest BCUT2D eigenvalue weighted by Crippen LogP contribution is -2.57. The van der Waals surface area contributed by atoms with Gasteiger partial charge in [0.05, 0.1) is 12.1 Å². The van der Waals surface area contributed by atoms with Crippen molar-refractivity contribution in [2.45, 2.75) is 114 Å². The topological polar surface area (TPSA) is 80.5 Å². The van der Waals surface area contributed by atoms with Crippen LogP contribution in [-0.2, 0) is 9.59 Å². The number of carbonyl (C=O) groups is 2. The van der Waals surface area contributed by atoms with Gasteiger partial charge in [-0.15, -0.1) is 0 Å². The summed E-state index contributed by atoms with van der Waals surface area (Å²) >= 11 is 0. The normalized spacial score (nSPS) is 28.1. The second-order valence-corrected chi connectivity index (χ2v) is 12.8. The highest BCUT2D eigenvalue weighted by atomic mass is 19.1. The van der Waals surface area contributed by atoms with Crippen molar-refractivity contribution in [1.82, 2.24) is 25.4 Å². The molecule has 0 bridgehead atoms. The first-order chi connectivity index (χ1) is 19.5. The third-order valence-electron chi connectivity index (χ3n) is 10.6. The van der Waals surface area contributed by atoms with Crippen molar-refractivity contribution >= 4 is 22.7 Å². The Morgan fingerprint density at radius 1 is 1.02 bits per heavy atom. The quantitative estimate of drug-likeness (QED) is 0.467. The lowest BCUT2D eigenvalue weighted by molar-refractivity contribution is -0.139. The van der Waals surface area contributed by atoms with Crippen LogP contribution in [0.25, 0.3) is 10.9 Å². The molecule has 4 fully saturated rings. The van der Waals surface area contributed by atoms with Crippen molar-refractivity contribution in [2.75, 3.05) is 20.1 Å². The second kappa shape index (κ2) is 11.8. The Balaban J connectivity index is 1.34. The molecule has 7 nitrogen and oxygen atoms in total. The summed E-state index contributed by atoms with van der Waals surface area (Å²) in [6, 6.07) is 5.11. The van der Waals surface area contributed by atoms with Gasteiger partial charge in [0, 0.05) is 48.2 Å². The van der Waals surface area contributed by atoms with Crippen molar-refractivity contribution in [2.24, 2.45) is 5.92 Å². The number of likely N-dealkylation sites (tertiary alicyclic amines) is 2. The van der Waals surface area contributed by atoms with E-state index < -0.39 is 6.04 Å². The van der Waals surface area contributed by atoms with Gasteiger partial charge in [-0.1, -0.05) is 38.5 Å². The van der Waals surface area contributed by atoms with Crippen LogP contribution in [0, 0.1) is 11.7 Å². The van der Waals surface area contributed by atoms with Crippen LogP contribution in [0.15, 0.2) is 24.4 Å². The standard InChI is InChI=1S/C32H46FN5O2/c1-20(34-2)31(39)36-29(21-9-5-3-6-10-21)32(40)37-16-15-28-30(37)26(19-38(28)23-11-7-4-8-12-23)25-18-35-27-17-22(33)13-14-24(25)27/h13-14,17-18,20-21,23,26,28-30,34-35H,3-12,15-16,19H2,1-2H3,(H,36,39). The largest absolute Gasteiger partial charge is 0.361 e. The number of nitrogens with zero attached hydrogens (tertiary/aromatic N) is 2. The number of aromatic nitrogens is 1. The molecule has 2 saturated heterocycles. The summed E-state index contributed by atoms with van der Waals surface area (Å²) in [5.74, 6) is 0.0776. The van der Waals surface area contributed by atoms with E-state index in [4.69, 9.17) is 0 Å². The first-order valence-electron chi connectivity index (χ1n) is 15.8. The van der Waals surface area contributed by atoms with Gasteiger partial charge in [-0.25, -0.2) is 4.39 Å². The molecule has 3 heterocycles. The minimum atomic E-state index is -0.483. The number of carbonyl (C=O) groups excluding carboxylic acids is 2. The minimum Gasteiger partial charge on any atom is -0.361 e. The van der Waals surface area contributed by atoms with Crippen molar-refractivity contribution in [3.05, 3.63) is 35.8 Å². The fourth-order valence-electron chi connectivity index (χ4n) is 8.35. The van der Waals surface area contributed by atoms with Crippen LogP contribution in [-0.4, -0.2) is 76.9 Å². The molecule has 5 atom stereocenters. The molecule has 3 N–H and O–H groups in total. The number of rotatable bonds is 7. The van der Waals surface area contributed by atoms with Crippen LogP contribution in [0.3, 0.4) is 0 Å². The number of halogens is 1. The van der Waals surface area contributed by atoms with Crippen LogP contribution in [0.1, 0.15) is 89.0 Å². The van der Waals surface area contributed by atoms with Crippen molar-refractivity contribution in [1.29, 1.82) is 0 Å². The highest BCUT2D eigenvalue weighted by Gasteiger charge is 2.53. The molecular weight excluding hydrogens is 505 g/mol. The highest BCUT2D eigenvalue weighted by Crippen LogP contribution is 2.46. The number of hydrogen-bond acceptors (Lipinski definition) is 4. The number of amides is 2. The van der Waals surface area contributed by atoms with Gasteiger partial charge >= 0.3 is 0 Å². The summed E-state index contributed by atoms with van der Waals surface area (Å²) in [6.45, 7) is 3.50. The molecule has 1 aromatic carbocycles. The molecule has 0 spiro atoms. The molecule has 2 amide bonds. The van der Waals surface area contributed by atoms with E-state index in [9.17, 15) is 14.0 Å². The van der Waals surface area contributed by atoms with Gasteiger partial charge in [-0.05, 0) is 75.8 Å². The van der Waals surface area contributed by atoms with E-state index >= 15 is 0 Å². The summed E-state index contributed by atoms with van der Waals surface area (Å²) in [5, 5.41) is 7.28. The molecule has 2 aliphatic heterocycles. The Morgan fingerprint density at radius 2 is 1.75 bits per heavy atom. The van der Waals surface area contributed by atoms with Crippen LogP contribution in [0.4, 0.5) is 4.39 Å². The summed E-state index contributed by atoms with van der Waals surface area (Å²) < 4.78 is 14.0. The molecule has 5 unspecified atom stereocenters. The summed E-state index contributed by atoms with van der Waals surface area (Å²) in [6.07, 6.45) is 14.7. The molecule has 2 saturated carbocycles. The molecular formula is C32H46FN5O2. The van der Waals surface area contributed by atoms with Crippen LogP contribution in [0.2, 0.25) is 0 Å². The Morgan fingerprint density at radius 3 is 2.48 bits per heavy atom. The van der Waals surface area contributed by atoms with Gasteiger partial charge < -0.3 is 20.5 Å². The van der Waals surface area contributed by atoms with Crippen LogP contribution in [0.5, 0.6) is 0 Å². The Labute approximate surface area is 237 Å². The summed E-state index contributed by atoms with van der Waals surface area (Å²) in [7, 11) is 1.78. The first-order valence-corrected chi connectivity index (χ1v) is 15.8. The monoisotopic (exact) mass is 551 g/mol. The van der Waals surface area contributed by atoms with Gasteiger partial charge in [-0.2, -0.15) is 0 Å². The van der Waals surface area contributed by atoms with E-state index in [1.807, 2.05) is 19.2 Å². The predicted molar refractivity (Wildman–Crippen MR) is 156 cm³/mol. The van der Waals surface area contributed by atoms with E-state index in [1.54, 1.807) is 19.2 Å². The third-order valence-corrected chi connectivity index (χ3v) is 10.6. The molecule has 6 rings (SSSR count). The number of benzene rings is 1. The van der Waals surface area contributed by atoms with E-state index in [2.05, 4.69) is 25.4 Å². The Bertz CT molecular complexity index is 1200. The Kier molecular flexibility index (Phi) is 8.18.